The number of nitrogens with one attached hydrogen (secondary N) is 2. The van der Waals surface area contributed by atoms with Gasteiger partial charge in [0.1, 0.15) is 11.6 Å². The summed E-state index contributed by atoms with van der Waals surface area (Å²) in [6, 6.07) is 6.77. The Labute approximate surface area is 212 Å². The summed E-state index contributed by atoms with van der Waals surface area (Å²) < 4.78 is 11.7. The lowest BCUT2D eigenvalue weighted by atomic mass is 9.73. The standard InChI is InChI=1S/C28H37N3O5/c1-16-7-5-9-19(15-16)29-25(32)22-21-11-12-28(36-21)23(22)27(34)31(13-14-35-4)24(28)26(33)30-20-10-6-8-17(2)18(20)3/h5,7,9,11-12,15,17-18,20-24H,6,8,10,13-14H2,1-4H3,(H,29,32)(H,30,33)/t17?,18?,20?,21-,22?,23-,24?,28?/m0/s1. The summed E-state index contributed by atoms with van der Waals surface area (Å²) in [6.07, 6.45) is 6.30. The van der Waals surface area contributed by atoms with Gasteiger partial charge in [0.15, 0.2) is 0 Å². The Morgan fingerprint density at radius 3 is 2.78 bits per heavy atom. The highest BCUT2D eigenvalue weighted by atomic mass is 16.5. The molecule has 5 rings (SSSR count). The van der Waals surface area contributed by atoms with Crippen molar-refractivity contribution >= 4 is 23.4 Å². The van der Waals surface area contributed by atoms with Crippen molar-refractivity contribution in [3.05, 3.63) is 42.0 Å². The highest BCUT2D eigenvalue weighted by Gasteiger charge is 2.72. The molecule has 1 aliphatic carbocycles. The van der Waals surface area contributed by atoms with Crippen LogP contribution in [0.5, 0.6) is 0 Å². The molecule has 0 radical (unpaired) electrons. The van der Waals surface area contributed by atoms with Gasteiger partial charge < -0.3 is 25.0 Å². The quantitative estimate of drug-likeness (QED) is 0.567. The molecule has 3 amide bonds. The third-order valence-corrected chi connectivity index (χ3v) is 8.78. The number of aryl methyl sites for hydroxylation is 1. The number of benzene rings is 1. The first-order valence-corrected chi connectivity index (χ1v) is 13.1. The normalized spacial score (nSPS) is 36.7. The van der Waals surface area contributed by atoms with E-state index in [2.05, 4.69) is 24.5 Å². The second kappa shape index (κ2) is 9.63. The van der Waals surface area contributed by atoms with Crippen molar-refractivity contribution in [2.45, 2.75) is 63.8 Å². The second-order valence-electron chi connectivity index (χ2n) is 11.0. The SMILES string of the molecule is COCCN1C(=O)[C@@H]2C(C(=O)Nc3cccc(C)c3)[C@@H]3C=CC2(O3)C1C(=O)NC1CCCC(C)C1C. The summed E-state index contributed by atoms with van der Waals surface area (Å²) in [5.41, 5.74) is 0.550. The van der Waals surface area contributed by atoms with Gasteiger partial charge in [-0.25, -0.2) is 0 Å². The Hall–Kier alpha value is -2.71. The average Bonchev–Trinajstić information content (AvgIpc) is 3.48. The smallest absolute Gasteiger partial charge is 0.246 e. The molecule has 8 atom stereocenters. The topological polar surface area (TPSA) is 97.0 Å². The molecule has 0 aromatic heterocycles. The van der Waals surface area contributed by atoms with E-state index in [-0.39, 0.29) is 30.3 Å². The van der Waals surface area contributed by atoms with E-state index in [0.29, 0.717) is 24.1 Å². The maximum atomic E-state index is 13.9. The Morgan fingerprint density at radius 2 is 2.03 bits per heavy atom. The number of likely N-dealkylation sites (tertiary alicyclic amines) is 1. The van der Waals surface area contributed by atoms with Gasteiger partial charge in [-0.05, 0) is 42.9 Å². The number of ether oxygens (including phenoxy) is 2. The van der Waals surface area contributed by atoms with Gasteiger partial charge in [-0.3, -0.25) is 14.4 Å². The number of hydrogen-bond acceptors (Lipinski definition) is 5. The van der Waals surface area contributed by atoms with Crippen molar-refractivity contribution in [3.63, 3.8) is 0 Å². The first-order chi connectivity index (χ1) is 17.3. The predicted octanol–water partition coefficient (Wildman–Crippen LogP) is 2.67. The van der Waals surface area contributed by atoms with Gasteiger partial charge in [0, 0.05) is 25.4 Å². The van der Waals surface area contributed by atoms with Crippen molar-refractivity contribution in [1.82, 2.24) is 10.2 Å². The predicted molar refractivity (Wildman–Crippen MR) is 135 cm³/mol. The van der Waals surface area contributed by atoms with Gasteiger partial charge >= 0.3 is 0 Å². The van der Waals surface area contributed by atoms with Crippen molar-refractivity contribution < 1.29 is 23.9 Å². The lowest BCUT2D eigenvalue weighted by Crippen LogP contribution is -2.58. The first kappa shape index (κ1) is 25.0. The minimum absolute atomic E-state index is 0.0547. The van der Waals surface area contributed by atoms with Crippen LogP contribution in [0.2, 0.25) is 0 Å². The van der Waals surface area contributed by atoms with E-state index >= 15 is 0 Å². The molecule has 8 nitrogen and oxygen atoms in total. The van der Waals surface area contributed by atoms with Crippen LogP contribution in [-0.4, -0.2) is 66.7 Å². The van der Waals surface area contributed by atoms with Gasteiger partial charge in [-0.1, -0.05) is 51.0 Å². The minimum Gasteiger partial charge on any atom is -0.383 e. The molecule has 194 valence electrons. The zero-order chi connectivity index (χ0) is 25.6. The van der Waals surface area contributed by atoms with Crippen LogP contribution in [0.3, 0.4) is 0 Å². The van der Waals surface area contributed by atoms with Crippen LogP contribution in [0.15, 0.2) is 36.4 Å². The lowest BCUT2D eigenvalue weighted by Gasteiger charge is -2.38. The van der Waals surface area contributed by atoms with Crippen LogP contribution < -0.4 is 10.6 Å². The fourth-order valence-electron chi connectivity index (χ4n) is 6.69. The van der Waals surface area contributed by atoms with Crippen LogP contribution in [-0.2, 0) is 23.9 Å². The van der Waals surface area contributed by atoms with Crippen LogP contribution in [0, 0.1) is 30.6 Å². The molecule has 3 heterocycles. The maximum absolute atomic E-state index is 13.9. The summed E-state index contributed by atoms with van der Waals surface area (Å²) in [7, 11) is 1.57. The van der Waals surface area contributed by atoms with Crippen molar-refractivity contribution in [3.8, 4) is 0 Å². The van der Waals surface area contributed by atoms with Gasteiger partial charge in [0.2, 0.25) is 17.7 Å². The third-order valence-electron chi connectivity index (χ3n) is 8.78. The minimum atomic E-state index is -1.16. The van der Waals surface area contributed by atoms with Crippen molar-refractivity contribution in [2.24, 2.45) is 23.7 Å². The fourth-order valence-corrected chi connectivity index (χ4v) is 6.69. The molecular weight excluding hydrogens is 458 g/mol. The lowest BCUT2D eigenvalue weighted by molar-refractivity contribution is -0.142. The van der Waals surface area contributed by atoms with Crippen LogP contribution in [0.1, 0.15) is 38.7 Å². The fraction of sp³-hybridized carbons (Fsp3) is 0.607. The highest BCUT2D eigenvalue weighted by Crippen LogP contribution is 2.55. The van der Waals surface area contributed by atoms with Crippen LogP contribution in [0.4, 0.5) is 5.69 Å². The Morgan fingerprint density at radius 1 is 1.22 bits per heavy atom. The molecule has 6 unspecified atom stereocenters. The molecule has 36 heavy (non-hydrogen) atoms. The van der Waals surface area contributed by atoms with Crippen LogP contribution in [0.25, 0.3) is 0 Å². The molecule has 1 spiro atoms. The molecule has 2 saturated heterocycles. The zero-order valence-electron chi connectivity index (χ0n) is 21.5. The van der Waals surface area contributed by atoms with E-state index in [0.717, 1.165) is 24.8 Å². The molecular formula is C28H37N3O5. The zero-order valence-corrected chi connectivity index (χ0v) is 21.5. The van der Waals surface area contributed by atoms with Crippen LogP contribution >= 0.6 is 0 Å². The van der Waals surface area contributed by atoms with E-state index in [1.807, 2.05) is 43.3 Å². The maximum Gasteiger partial charge on any atom is 0.246 e. The van der Waals surface area contributed by atoms with Gasteiger partial charge in [0.05, 0.1) is 24.5 Å². The van der Waals surface area contributed by atoms with Gasteiger partial charge in [-0.2, -0.15) is 0 Å². The number of hydrogen-bond donors (Lipinski definition) is 2. The number of anilines is 1. The summed E-state index contributed by atoms with van der Waals surface area (Å²) >= 11 is 0. The first-order valence-electron chi connectivity index (χ1n) is 13.1. The molecule has 3 fully saturated rings. The number of amides is 3. The number of carbonyl (C=O) groups is 3. The Bertz CT molecular complexity index is 1070. The number of methoxy groups -OCH3 is 1. The van der Waals surface area contributed by atoms with Crippen molar-refractivity contribution in [1.29, 1.82) is 0 Å². The monoisotopic (exact) mass is 495 g/mol. The Balaban J connectivity index is 1.43. The molecule has 2 N–H and O–H groups in total. The van der Waals surface area contributed by atoms with Gasteiger partial charge in [-0.15, -0.1) is 0 Å². The van der Waals surface area contributed by atoms with E-state index in [9.17, 15) is 14.4 Å². The molecule has 3 aliphatic heterocycles. The van der Waals surface area contributed by atoms with E-state index in [1.54, 1.807) is 12.0 Å². The van der Waals surface area contributed by atoms with E-state index in [1.165, 1.54) is 0 Å². The summed E-state index contributed by atoms with van der Waals surface area (Å²) in [5.74, 6) is -1.29. The summed E-state index contributed by atoms with van der Waals surface area (Å²) in [4.78, 5) is 42.7. The second-order valence-corrected chi connectivity index (χ2v) is 11.0. The molecule has 2 bridgehead atoms. The molecule has 1 saturated carbocycles. The van der Waals surface area contributed by atoms with E-state index < -0.39 is 29.6 Å². The summed E-state index contributed by atoms with van der Waals surface area (Å²) in [6.45, 7) is 6.92. The summed E-state index contributed by atoms with van der Waals surface area (Å²) in [5, 5.41) is 6.23. The Kier molecular flexibility index (Phi) is 6.68. The molecule has 8 heteroatoms. The number of rotatable bonds is 7. The highest BCUT2D eigenvalue weighted by molar-refractivity contribution is 6.02. The third kappa shape index (κ3) is 4.04. The van der Waals surface area contributed by atoms with Crippen molar-refractivity contribution in [2.75, 3.05) is 25.6 Å². The molecule has 4 aliphatic rings. The molecule has 1 aromatic rings. The average molecular weight is 496 g/mol. The van der Waals surface area contributed by atoms with E-state index in [4.69, 9.17) is 9.47 Å². The number of fused-ring (bicyclic) bond motifs is 1. The molecule has 1 aromatic carbocycles. The number of nitrogens with zero attached hydrogens (tertiary/aromatic N) is 1. The number of carbonyl (C=O) groups excluding carboxylic acids is 3. The van der Waals surface area contributed by atoms with Gasteiger partial charge in [0.25, 0.3) is 0 Å². The largest absolute Gasteiger partial charge is 0.383 e.